The summed E-state index contributed by atoms with van der Waals surface area (Å²) in [6.07, 6.45) is 3.41. The Labute approximate surface area is 102 Å². The molecule has 16 heavy (non-hydrogen) atoms. The second-order valence-corrected chi connectivity index (χ2v) is 5.92. The van der Waals surface area contributed by atoms with E-state index in [1.165, 1.54) is 7.11 Å². The maximum atomic E-state index is 11.8. The molecule has 0 aromatic carbocycles. The number of esters is 1. The average molecular weight is 246 g/mol. The number of hydrogen-bond acceptors (Lipinski definition) is 4. The molecule has 0 saturated carbocycles. The number of carbonyl (C=O) groups is 1. The predicted molar refractivity (Wildman–Crippen MR) is 66.5 cm³/mol. The smallest absolute Gasteiger partial charge is 0.311 e. The molecule has 1 heterocycles. The van der Waals surface area contributed by atoms with E-state index in [-0.39, 0.29) is 17.1 Å². The number of unbranched alkanes of at least 4 members (excludes halogenated alkanes) is 1. The molecule has 3 nitrogen and oxygen atoms in total. The van der Waals surface area contributed by atoms with Gasteiger partial charge in [-0.3, -0.25) is 4.79 Å². The highest BCUT2D eigenvalue weighted by Gasteiger charge is 2.48. The molecule has 0 spiro atoms. The lowest BCUT2D eigenvalue weighted by molar-refractivity contribution is -0.156. The first-order chi connectivity index (χ1) is 7.56. The lowest BCUT2D eigenvalue weighted by atomic mass is 9.79. The Kier molecular flexibility index (Phi) is 5.12. The van der Waals surface area contributed by atoms with Gasteiger partial charge in [-0.15, -0.1) is 0 Å². The predicted octanol–water partition coefficient (Wildman–Crippen LogP) is 2.22. The summed E-state index contributed by atoms with van der Waals surface area (Å²) in [5.41, 5.74) is -0.868. The van der Waals surface area contributed by atoms with E-state index in [9.17, 15) is 9.90 Å². The van der Waals surface area contributed by atoms with Crippen LogP contribution in [0.1, 0.15) is 39.5 Å². The van der Waals surface area contributed by atoms with E-state index in [0.29, 0.717) is 6.42 Å². The van der Waals surface area contributed by atoms with Crippen LogP contribution in [0.25, 0.3) is 0 Å². The summed E-state index contributed by atoms with van der Waals surface area (Å²) >= 11 is 1.74. The Bertz CT molecular complexity index is 244. The fraction of sp³-hybridized carbons (Fsp3) is 0.917. The maximum Gasteiger partial charge on any atom is 0.311 e. The molecule has 4 heteroatoms. The highest BCUT2D eigenvalue weighted by molar-refractivity contribution is 8.00. The van der Waals surface area contributed by atoms with Crippen molar-refractivity contribution in [2.24, 2.45) is 5.92 Å². The van der Waals surface area contributed by atoms with E-state index in [2.05, 4.69) is 6.92 Å². The van der Waals surface area contributed by atoms with Gasteiger partial charge < -0.3 is 9.84 Å². The van der Waals surface area contributed by atoms with Gasteiger partial charge in [0.05, 0.1) is 18.6 Å². The standard InChI is InChI=1S/C12H22O3S/c1-4-5-6-10(11(13)15-3)12(14)7-8-16-9(12)2/h9-10,14H,4-8H2,1-3H3. The maximum absolute atomic E-state index is 11.8. The van der Waals surface area contributed by atoms with Crippen LogP contribution in [0.5, 0.6) is 0 Å². The third-order valence-electron chi connectivity index (χ3n) is 3.51. The average Bonchev–Trinajstić information content (AvgIpc) is 2.60. The first kappa shape index (κ1) is 13.8. The third-order valence-corrected chi connectivity index (χ3v) is 4.86. The zero-order valence-electron chi connectivity index (χ0n) is 10.4. The molecule has 0 radical (unpaired) electrons. The number of aliphatic hydroxyl groups is 1. The van der Waals surface area contributed by atoms with E-state index < -0.39 is 5.60 Å². The van der Waals surface area contributed by atoms with Crippen molar-refractivity contribution < 1.29 is 14.6 Å². The van der Waals surface area contributed by atoms with Crippen LogP contribution < -0.4 is 0 Å². The van der Waals surface area contributed by atoms with Gasteiger partial charge in [0.2, 0.25) is 0 Å². The Morgan fingerprint density at radius 2 is 2.38 bits per heavy atom. The SMILES string of the molecule is CCCCC(C(=O)OC)C1(O)CCSC1C. The van der Waals surface area contributed by atoms with E-state index in [1.54, 1.807) is 11.8 Å². The van der Waals surface area contributed by atoms with Gasteiger partial charge in [0.15, 0.2) is 0 Å². The van der Waals surface area contributed by atoms with Gasteiger partial charge in [-0.2, -0.15) is 11.8 Å². The molecule has 1 fully saturated rings. The fourth-order valence-electron chi connectivity index (χ4n) is 2.33. The summed E-state index contributed by atoms with van der Waals surface area (Å²) in [6, 6.07) is 0. The molecule has 0 aromatic heterocycles. The van der Waals surface area contributed by atoms with Crippen molar-refractivity contribution in [2.45, 2.75) is 50.4 Å². The summed E-state index contributed by atoms with van der Waals surface area (Å²) in [5, 5.41) is 10.7. The highest BCUT2D eigenvalue weighted by atomic mass is 32.2. The molecule has 1 saturated heterocycles. The molecule has 94 valence electrons. The summed E-state index contributed by atoms with van der Waals surface area (Å²) < 4.78 is 4.83. The Balaban J connectivity index is 2.78. The van der Waals surface area contributed by atoms with Gasteiger partial charge in [0.25, 0.3) is 0 Å². The Morgan fingerprint density at radius 1 is 1.69 bits per heavy atom. The lowest BCUT2D eigenvalue weighted by Crippen LogP contribution is -2.47. The molecule has 1 N–H and O–H groups in total. The molecule has 1 aliphatic heterocycles. The van der Waals surface area contributed by atoms with Gasteiger partial charge in [-0.05, 0) is 18.6 Å². The quantitative estimate of drug-likeness (QED) is 0.756. The van der Waals surface area contributed by atoms with Gasteiger partial charge in [-0.25, -0.2) is 0 Å². The summed E-state index contributed by atoms with van der Waals surface area (Å²) in [7, 11) is 1.40. The van der Waals surface area contributed by atoms with Gasteiger partial charge in [0, 0.05) is 5.25 Å². The van der Waals surface area contributed by atoms with Crippen molar-refractivity contribution >= 4 is 17.7 Å². The van der Waals surface area contributed by atoms with Crippen LogP contribution in [0.15, 0.2) is 0 Å². The van der Waals surface area contributed by atoms with Crippen molar-refractivity contribution in [1.29, 1.82) is 0 Å². The molecule has 0 aliphatic carbocycles. The Hall–Kier alpha value is -0.220. The summed E-state index contributed by atoms with van der Waals surface area (Å²) in [6.45, 7) is 4.09. The molecular weight excluding hydrogens is 224 g/mol. The third kappa shape index (κ3) is 2.72. The summed E-state index contributed by atoms with van der Waals surface area (Å²) in [4.78, 5) is 11.8. The van der Waals surface area contributed by atoms with Crippen LogP contribution in [0, 0.1) is 5.92 Å². The van der Waals surface area contributed by atoms with Crippen molar-refractivity contribution in [1.82, 2.24) is 0 Å². The topological polar surface area (TPSA) is 46.5 Å². The number of carbonyl (C=O) groups excluding carboxylic acids is 1. The number of thioether (sulfide) groups is 1. The Morgan fingerprint density at radius 3 is 2.81 bits per heavy atom. The van der Waals surface area contributed by atoms with Crippen molar-refractivity contribution in [3.05, 3.63) is 0 Å². The van der Waals surface area contributed by atoms with E-state index in [0.717, 1.165) is 25.0 Å². The number of rotatable bonds is 5. The minimum Gasteiger partial charge on any atom is -0.469 e. The second-order valence-electron chi connectivity index (χ2n) is 4.47. The molecule has 3 unspecified atom stereocenters. The van der Waals surface area contributed by atoms with Crippen LogP contribution in [-0.2, 0) is 9.53 Å². The van der Waals surface area contributed by atoms with Crippen LogP contribution in [0.3, 0.4) is 0 Å². The largest absolute Gasteiger partial charge is 0.469 e. The molecule has 1 aliphatic rings. The van der Waals surface area contributed by atoms with E-state index in [4.69, 9.17) is 4.74 Å². The first-order valence-electron chi connectivity index (χ1n) is 5.98. The van der Waals surface area contributed by atoms with E-state index in [1.807, 2.05) is 6.92 Å². The van der Waals surface area contributed by atoms with Gasteiger partial charge >= 0.3 is 5.97 Å². The number of methoxy groups -OCH3 is 1. The van der Waals surface area contributed by atoms with E-state index >= 15 is 0 Å². The molecule has 0 aromatic rings. The zero-order valence-corrected chi connectivity index (χ0v) is 11.2. The van der Waals surface area contributed by atoms with Crippen molar-refractivity contribution in [2.75, 3.05) is 12.9 Å². The van der Waals surface area contributed by atoms with Crippen LogP contribution in [-0.4, -0.2) is 34.8 Å². The van der Waals surface area contributed by atoms with Gasteiger partial charge in [0.1, 0.15) is 0 Å². The van der Waals surface area contributed by atoms with Crippen molar-refractivity contribution in [3.63, 3.8) is 0 Å². The second kappa shape index (κ2) is 5.92. The lowest BCUT2D eigenvalue weighted by Gasteiger charge is -2.33. The summed E-state index contributed by atoms with van der Waals surface area (Å²) in [5.74, 6) is 0.310. The minimum atomic E-state index is -0.868. The molecule has 1 rings (SSSR count). The normalized spacial score (nSPS) is 31.4. The minimum absolute atomic E-state index is 0.119. The van der Waals surface area contributed by atoms with Crippen LogP contribution >= 0.6 is 11.8 Å². The fourth-order valence-corrected chi connectivity index (χ4v) is 3.70. The van der Waals surface area contributed by atoms with Gasteiger partial charge in [-0.1, -0.05) is 26.7 Å². The molecule has 3 atom stereocenters. The molecule has 0 amide bonds. The molecule has 0 bridgehead atoms. The zero-order chi connectivity index (χ0) is 12.2. The molecular formula is C12H22O3S. The number of ether oxygens (including phenoxy) is 1. The monoisotopic (exact) mass is 246 g/mol. The number of hydrogen-bond donors (Lipinski definition) is 1. The van der Waals surface area contributed by atoms with Crippen LogP contribution in [0.4, 0.5) is 0 Å². The highest BCUT2D eigenvalue weighted by Crippen LogP contribution is 2.42. The van der Waals surface area contributed by atoms with Crippen molar-refractivity contribution in [3.8, 4) is 0 Å². The first-order valence-corrected chi connectivity index (χ1v) is 7.03. The van der Waals surface area contributed by atoms with Crippen LogP contribution in [0.2, 0.25) is 0 Å².